The average Bonchev–Trinajstić information content (AvgIpc) is 3.86. The summed E-state index contributed by atoms with van der Waals surface area (Å²) < 4.78 is 14.0. The van der Waals surface area contributed by atoms with Crippen LogP contribution in [0.2, 0.25) is 0 Å². The lowest BCUT2D eigenvalue weighted by Gasteiger charge is -2.32. The maximum atomic E-state index is 14.7. The van der Waals surface area contributed by atoms with E-state index in [4.69, 9.17) is 31.8 Å². The molecule has 0 spiro atoms. The highest BCUT2D eigenvalue weighted by Crippen LogP contribution is 2.40. The van der Waals surface area contributed by atoms with Gasteiger partial charge >= 0.3 is 0 Å². The van der Waals surface area contributed by atoms with Gasteiger partial charge in [-0.05, 0) is 110 Å². The van der Waals surface area contributed by atoms with Crippen molar-refractivity contribution in [2.24, 2.45) is 17.2 Å². The molecule has 70 heavy (non-hydrogen) atoms. The van der Waals surface area contributed by atoms with Crippen LogP contribution in [0.4, 0.5) is 0 Å². The number of hydrogen-bond acceptors (Lipinski definition) is 12. The van der Waals surface area contributed by atoms with Gasteiger partial charge in [-0.1, -0.05) is 49.7 Å². The number of benzene rings is 4. The Morgan fingerprint density at radius 3 is 2.26 bits per heavy atom. The van der Waals surface area contributed by atoms with Crippen LogP contribution in [0.25, 0.3) is 28.1 Å². The summed E-state index contributed by atoms with van der Waals surface area (Å²) >= 11 is 0. The van der Waals surface area contributed by atoms with Gasteiger partial charge in [0.05, 0.1) is 17.5 Å². The monoisotopic (exact) mass is 953 g/mol. The van der Waals surface area contributed by atoms with Crippen molar-refractivity contribution in [2.45, 2.75) is 77.0 Å². The Hall–Kier alpha value is -7.59. The van der Waals surface area contributed by atoms with Gasteiger partial charge in [0.25, 0.3) is 5.91 Å². The fraction of sp³-hybridized carbons (Fsp3) is 0.365. The van der Waals surface area contributed by atoms with Gasteiger partial charge in [-0.2, -0.15) is 10.4 Å². The molecule has 18 nitrogen and oxygen atoms in total. The van der Waals surface area contributed by atoms with Crippen molar-refractivity contribution in [3.8, 4) is 45.6 Å². The first-order chi connectivity index (χ1) is 33.8. The molecule has 1 aromatic heterocycles. The molecule has 1 aliphatic rings. The van der Waals surface area contributed by atoms with E-state index in [9.17, 15) is 29.2 Å². The van der Waals surface area contributed by atoms with Gasteiger partial charge in [-0.25, -0.2) is 4.68 Å². The second kappa shape index (κ2) is 24.6. The van der Waals surface area contributed by atoms with E-state index < -0.39 is 53.7 Å². The number of fused-ring (bicyclic) bond motifs is 5. The van der Waals surface area contributed by atoms with Gasteiger partial charge in [0.15, 0.2) is 0 Å². The Balaban J connectivity index is 1.33. The third-order valence-electron chi connectivity index (χ3n) is 12.0. The Labute approximate surface area is 408 Å². The SMILES string of the molecule is CCCCc1ccc(-c2ccn(-c3ccc(C(=O)N[C@@H](CCN)C(=O)N(C)[C@@H]4C(=O)N[C@@H](C)C(=O)N[C@H](C(=O)NCC#N)Cc5ccc(OCCN)c(c5)-c5cc4ccc5OCCN)c(C)c3)n2)cc1. The zero-order valence-electron chi connectivity index (χ0n) is 40.1. The van der Waals surface area contributed by atoms with E-state index in [0.29, 0.717) is 44.9 Å². The molecule has 4 aromatic carbocycles. The highest BCUT2D eigenvalue weighted by Gasteiger charge is 2.36. The predicted octanol–water partition coefficient (Wildman–Crippen LogP) is 3.36. The molecule has 1 aliphatic heterocycles. The van der Waals surface area contributed by atoms with Crippen LogP contribution in [0.3, 0.4) is 0 Å². The Bertz CT molecular complexity index is 2700. The average molecular weight is 954 g/mol. The number of carbonyl (C=O) groups is 5. The number of nitriles is 1. The van der Waals surface area contributed by atoms with Gasteiger partial charge in [0, 0.05) is 55.0 Å². The van der Waals surface area contributed by atoms with Gasteiger partial charge in [0.2, 0.25) is 23.6 Å². The van der Waals surface area contributed by atoms with Crippen LogP contribution < -0.4 is 47.9 Å². The van der Waals surface area contributed by atoms with Crippen LogP contribution >= 0.6 is 0 Å². The van der Waals surface area contributed by atoms with E-state index in [1.807, 2.05) is 24.4 Å². The van der Waals surface area contributed by atoms with E-state index in [1.165, 1.54) is 24.4 Å². The molecule has 5 aromatic rings. The molecule has 18 heteroatoms. The van der Waals surface area contributed by atoms with Gasteiger partial charge in [-0.15, -0.1) is 0 Å². The Morgan fingerprint density at radius 2 is 1.60 bits per heavy atom. The lowest BCUT2D eigenvalue weighted by Crippen LogP contribution is -2.56. The summed E-state index contributed by atoms with van der Waals surface area (Å²) in [7, 11) is 1.43. The highest BCUT2D eigenvalue weighted by molar-refractivity contribution is 6.00. The molecule has 0 unspecified atom stereocenters. The second-order valence-electron chi connectivity index (χ2n) is 17.1. The maximum Gasteiger partial charge on any atom is 0.252 e. The molecule has 4 bridgehead atoms. The zero-order valence-corrected chi connectivity index (χ0v) is 40.1. The normalized spacial score (nSPS) is 16.1. The number of unbranched alkanes of at least 4 members (excludes halogenated alkanes) is 1. The van der Waals surface area contributed by atoms with Crippen LogP contribution in [0.1, 0.15) is 71.8 Å². The fourth-order valence-corrected chi connectivity index (χ4v) is 8.26. The number of aryl methyl sites for hydroxylation is 2. The first-order valence-corrected chi connectivity index (χ1v) is 23.5. The second-order valence-corrected chi connectivity index (χ2v) is 17.1. The molecule has 2 heterocycles. The standard InChI is InChI=1S/C52H63N11O7/c1-5-6-7-34-8-11-36(12-9-34)42-19-25-63(61-42)38-14-15-39(32(2)28-38)49(65)59-43(18-20-53)52(68)62(4)47-37-13-17-46(70-27-23-56)41(31-37)40-29-35(10-16-45(40)69-26-22-55)30-44(50(66)57-24-21-54)60-48(64)33(3)58-51(47)67/h8-17,19,25,28-29,31,33,43-44,47H,5-7,18,20,22-24,26-27,30,53,55-56H2,1-4H3,(H,57,66)(H,58,67)(H,59,65)(H,60,64)/t33-,43-,44-,47-/m0/s1. The number of nitrogens with zero attached hydrogens (tertiary/aromatic N) is 4. The van der Waals surface area contributed by atoms with Crippen molar-refractivity contribution in [1.29, 1.82) is 5.26 Å². The molecule has 10 N–H and O–H groups in total. The number of nitrogens with two attached hydrogens (primary N) is 3. The molecule has 0 saturated carbocycles. The largest absolute Gasteiger partial charge is 0.492 e. The minimum absolute atomic E-state index is 0.00415. The molecule has 368 valence electrons. The Morgan fingerprint density at radius 1 is 0.900 bits per heavy atom. The minimum Gasteiger partial charge on any atom is -0.492 e. The molecular formula is C52H63N11O7. The first-order valence-electron chi connectivity index (χ1n) is 23.5. The van der Waals surface area contributed by atoms with Crippen molar-refractivity contribution < 1.29 is 33.4 Å². The van der Waals surface area contributed by atoms with Crippen LogP contribution in [0.5, 0.6) is 11.5 Å². The van der Waals surface area contributed by atoms with Crippen molar-refractivity contribution in [2.75, 3.05) is 46.4 Å². The number of rotatable bonds is 19. The summed E-state index contributed by atoms with van der Waals surface area (Å²) in [6, 6.07) is 22.7. The molecule has 0 radical (unpaired) electrons. The number of hydrogen-bond donors (Lipinski definition) is 7. The third-order valence-corrected chi connectivity index (χ3v) is 12.0. The zero-order chi connectivity index (χ0) is 50.3. The van der Waals surface area contributed by atoms with Crippen molar-refractivity contribution in [1.82, 2.24) is 35.9 Å². The van der Waals surface area contributed by atoms with Gasteiger partial charge < -0.3 is 52.8 Å². The number of carbonyl (C=O) groups excluding carboxylic acids is 5. The van der Waals surface area contributed by atoms with E-state index >= 15 is 0 Å². The highest BCUT2D eigenvalue weighted by atomic mass is 16.5. The molecule has 0 saturated heterocycles. The number of amides is 5. The van der Waals surface area contributed by atoms with Gasteiger partial charge in [-0.3, -0.25) is 24.0 Å². The summed E-state index contributed by atoms with van der Waals surface area (Å²) in [6.07, 6.45) is 5.18. The van der Waals surface area contributed by atoms with Crippen LogP contribution in [-0.2, 0) is 32.0 Å². The fourth-order valence-electron chi connectivity index (χ4n) is 8.26. The van der Waals surface area contributed by atoms with Gasteiger partial charge in [0.1, 0.15) is 55.4 Å². The summed E-state index contributed by atoms with van der Waals surface area (Å²) in [5.41, 5.74) is 24.4. The third kappa shape index (κ3) is 12.7. The lowest BCUT2D eigenvalue weighted by molar-refractivity contribution is -0.141. The molecule has 6 rings (SSSR count). The number of aromatic nitrogens is 2. The molecule has 0 fully saturated rings. The summed E-state index contributed by atoms with van der Waals surface area (Å²) in [5, 5.41) is 24.8. The van der Waals surface area contributed by atoms with Crippen molar-refractivity contribution in [3.05, 3.63) is 119 Å². The van der Waals surface area contributed by atoms with Crippen molar-refractivity contribution >= 4 is 29.5 Å². The van der Waals surface area contributed by atoms with E-state index in [-0.39, 0.29) is 52.2 Å². The Kier molecular flexibility index (Phi) is 18.2. The molecule has 0 aliphatic carbocycles. The maximum absolute atomic E-state index is 14.7. The first kappa shape index (κ1) is 51.8. The molecule has 5 amide bonds. The number of ether oxygens (including phenoxy) is 2. The summed E-state index contributed by atoms with van der Waals surface area (Å²) in [5.74, 6) is -2.45. The summed E-state index contributed by atoms with van der Waals surface area (Å²) in [6.45, 7) is 5.81. The van der Waals surface area contributed by atoms with Crippen LogP contribution in [0.15, 0.2) is 91.1 Å². The lowest BCUT2D eigenvalue weighted by atomic mass is 9.93. The topological polar surface area (TPSA) is 275 Å². The number of nitrogens with one attached hydrogen (secondary N) is 4. The smallest absolute Gasteiger partial charge is 0.252 e. The van der Waals surface area contributed by atoms with E-state index in [1.54, 1.807) is 60.1 Å². The van der Waals surface area contributed by atoms with Crippen LogP contribution in [0, 0.1) is 18.3 Å². The molecular weight excluding hydrogens is 891 g/mol. The summed E-state index contributed by atoms with van der Waals surface area (Å²) in [4.78, 5) is 71.8. The number of likely N-dealkylation sites (N-methyl/N-ethyl adjacent to an activating group) is 1. The molecule has 4 atom stereocenters. The quantitative estimate of drug-likeness (QED) is 0.0588. The van der Waals surface area contributed by atoms with Crippen LogP contribution in [-0.4, -0.2) is 109 Å². The minimum atomic E-state index is -1.39. The predicted molar refractivity (Wildman–Crippen MR) is 266 cm³/mol. The van der Waals surface area contributed by atoms with E-state index in [0.717, 1.165) is 36.2 Å². The van der Waals surface area contributed by atoms with Crippen molar-refractivity contribution in [3.63, 3.8) is 0 Å². The van der Waals surface area contributed by atoms with E-state index in [2.05, 4.69) is 52.5 Å².